The predicted molar refractivity (Wildman–Crippen MR) is 107 cm³/mol. The third-order valence-electron chi connectivity index (χ3n) is 6.13. The summed E-state index contributed by atoms with van der Waals surface area (Å²) in [6.45, 7) is 5.94. The average molecular weight is 379 g/mol. The van der Waals surface area contributed by atoms with E-state index in [2.05, 4.69) is 13.5 Å². The van der Waals surface area contributed by atoms with Gasteiger partial charge in [-0.3, -0.25) is 9.59 Å². The second kappa shape index (κ2) is 11.5. The van der Waals surface area contributed by atoms with Crippen molar-refractivity contribution in [2.45, 2.75) is 115 Å². The molecule has 2 rings (SSSR count). The lowest BCUT2D eigenvalue weighted by Gasteiger charge is -2.33. The zero-order valence-corrected chi connectivity index (χ0v) is 17.2. The SMILES string of the molecule is C=CCC(CCCCC)(C(=O)OC1CCCCC1)C(=O)OC1CCCCC1. The molecule has 0 bridgehead atoms. The Kier molecular flexibility index (Phi) is 9.36. The molecule has 0 aromatic heterocycles. The van der Waals surface area contributed by atoms with Gasteiger partial charge in [0.1, 0.15) is 12.2 Å². The fourth-order valence-electron chi connectivity index (χ4n) is 4.37. The van der Waals surface area contributed by atoms with Crippen LogP contribution in [0.15, 0.2) is 12.7 Å². The normalized spacial score (nSPS) is 19.4. The van der Waals surface area contributed by atoms with E-state index in [4.69, 9.17) is 9.47 Å². The molecule has 0 heterocycles. The minimum atomic E-state index is -1.22. The van der Waals surface area contributed by atoms with Crippen LogP contribution in [0.4, 0.5) is 0 Å². The largest absolute Gasteiger partial charge is 0.462 e. The zero-order valence-electron chi connectivity index (χ0n) is 17.2. The maximum Gasteiger partial charge on any atom is 0.324 e. The van der Waals surface area contributed by atoms with Crippen molar-refractivity contribution < 1.29 is 19.1 Å². The summed E-state index contributed by atoms with van der Waals surface area (Å²) in [4.78, 5) is 26.5. The van der Waals surface area contributed by atoms with Crippen LogP contribution in [0.2, 0.25) is 0 Å². The van der Waals surface area contributed by atoms with E-state index >= 15 is 0 Å². The van der Waals surface area contributed by atoms with Crippen LogP contribution < -0.4 is 0 Å². The van der Waals surface area contributed by atoms with Gasteiger partial charge in [0, 0.05) is 0 Å². The Hall–Kier alpha value is -1.32. The molecule has 0 spiro atoms. The molecule has 0 atom stereocenters. The van der Waals surface area contributed by atoms with Crippen molar-refractivity contribution in [3.8, 4) is 0 Å². The maximum absolute atomic E-state index is 13.2. The molecule has 0 radical (unpaired) electrons. The molecule has 4 heteroatoms. The maximum atomic E-state index is 13.2. The molecule has 0 aliphatic heterocycles. The van der Waals surface area contributed by atoms with E-state index in [0.29, 0.717) is 12.8 Å². The van der Waals surface area contributed by atoms with Gasteiger partial charge in [0.2, 0.25) is 0 Å². The highest BCUT2D eigenvalue weighted by Crippen LogP contribution is 2.36. The first kappa shape index (κ1) is 22.0. The van der Waals surface area contributed by atoms with Crippen molar-refractivity contribution in [2.24, 2.45) is 5.41 Å². The van der Waals surface area contributed by atoms with Crippen LogP contribution in [-0.2, 0) is 19.1 Å². The number of unbranched alkanes of at least 4 members (excludes halogenated alkanes) is 2. The number of ether oxygens (including phenoxy) is 2. The molecule has 0 saturated heterocycles. The Bertz CT molecular complexity index is 441. The summed E-state index contributed by atoms with van der Waals surface area (Å²) >= 11 is 0. The van der Waals surface area contributed by atoms with Crippen LogP contribution in [-0.4, -0.2) is 24.1 Å². The summed E-state index contributed by atoms with van der Waals surface area (Å²) in [5.41, 5.74) is -1.22. The highest BCUT2D eigenvalue weighted by atomic mass is 16.6. The third-order valence-corrected chi connectivity index (χ3v) is 6.13. The quantitative estimate of drug-likeness (QED) is 0.206. The lowest BCUT2D eigenvalue weighted by Crippen LogP contribution is -2.45. The van der Waals surface area contributed by atoms with Crippen LogP contribution in [0.25, 0.3) is 0 Å². The Balaban J connectivity index is 2.13. The summed E-state index contributed by atoms with van der Waals surface area (Å²) in [6.07, 6.45) is 15.6. The monoisotopic (exact) mass is 378 g/mol. The van der Waals surface area contributed by atoms with Crippen LogP contribution >= 0.6 is 0 Å². The fourth-order valence-corrected chi connectivity index (χ4v) is 4.37. The Morgan fingerprint density at radius 1 is 0.889 bits per heavy atom. The second-order valence-corrected chi connectivity index (χ2v) is 8.36. The van der Waals surface area contributed by atoms with Gasteiger partial charge >= 0.3 is 11.9 Å². The smallest absolute Gasteiger partial charge is 0.324 e. The van der Waals surface area contributed by atoms with Crippen molar-refractivity contribution in [1.29, 1.82) is 0 Å². The summed E-state index contributed by atoms with van der Waals surface area (Å²) in [6, 6.07) is 0. The van der Waals surface area contributed by atoms with Gasteiger partial charge in [-0.15, -0.1) is 6.58 Å². The van der Waals surface area contributed by atoms with Gasteiger partial charge < -0.3 is 9.47 Å². The van der Waals surface area contributed by atoms with E-state index in [1.807, 2.05) is 0 Å². The standard InChI is InChI=1S/C23H38O4/c1-3-5-12-18-23(17-4-2,21(24)26-19-13-8-6-9-14-19)22(25)27-20-15-10-7-11-16-20/h4,19-20H,2-3,5-18H2,1H3. The molecule has 0 N–H and O–H groups in total. The van der Waals surface area contributed by atoms with E-state index in [1.54, 1.807) is 6.08 Å². The molecule has 2 saturated carbocycles. The number of carbonyl (C=O) groups is 2. The van der Waals surface area contributed by atoms with Gasteiger partial charge in [-0.05, 0) is 64.2 Å². The molecule has 2 aliphatic carbocycles. The number of hydrogen-bond acceptors (Lipinski definition) is 4. The van der Waals surface area contributed by atoms with Crippen molar-refractivity contribution >= 4 is 11.9 Å². The summed E-state index contributed by atoms with van der Waals surface area (Å²) < 4.78 is 11.7. The molecule has 0 amide bonds. The Morgan fingerprint density at radius 3 is 1.78 bits per heavy atom. The highest BCUT2D eigenvalue weighted by molar-refractivity contribution is 6.00. The minimum Gasteiger partial charge on any atom is -0.462 e. The topological polar surface area (TPSA) is 52.6 Å². The minimum absolute atomic E-state index is 0.0518. The number of allylic oxidation sites excluding steroid dienone is 1. The van der Waals surface area contributed by atoms with Gasteiger partial charge in [-0.25, -0.2) is 0 Å². The van der Waals surface area contributed by atoms with Gasteiger partial charge in [0.25, 0.3) is 0 Å². The van der Waals surface area contributed by atoms with Crippen LogP contribution in [0, 0.1) is 5.41 Å². The average Bonchev–Trinajstić information content (AvgIpc) is 2.69. The molecule has 0 aromatic carbocycles. The van der Waals surface area contributed by atoms with Crippen molar-refractivity contribution in [1.82, 2.24) is 0 Å². The van der Waals surface area contributed by atoms with E-state index < -0.39 is 5.41 Å². The molecule has 154 valence electrons. The molecular weight excluding hydrogens is 340 g/mol. The summed E-state index contributed by atoms with van der Waals surface area (Å²) in [5, 5.41) is 0. The first-order valence-corrected chi connectivity index (χ1v) is 11.2. The van der Waals surface area contributed by atoms with Gasteiger partial charge in [0.05, 0.1) is 0 Å². The second-order valence-electron chi connectivity index (χ2n) is 8.36. The number of esters is 2. The molecule has 0 aromatic rings. The van der Waals surface area contributed by atoms with Gasteiger partial charge in [-0.1, -0.05) is 45.1 Å². The van der Waals surface area contributed by atoms with E-state index in [9.17, 15) is 9.59 Å². The Labute approximate surface area is 165 Å². The zero-order chi connectivity index (χ0) is 19.5. The first-order chi connectivity index (χ1) is 13.1. The summed E-state index contributed by atoms with van der Waals surface area (Å²) in [5.74, 6) is -0.766. The lowest BCUT2D eigenvalue weighted by atomic mass is 9.79. The fraction of sp³-hybridized carbons (Fsp3) is 0.826. The van der Waals surface area contributed by atoms with Crippen LogP contribution in [0.5, 0.6) is 0 Å². The summed E-state index contributed by atoms with van der Waals surface area (Å²) in [7, 11) is 0. The lowest BCUT2D eigenvalue weighted by molar-refractivity contribution is -0.181. The van der Waals surface area contributed by atoms with E-state index in [0.717, 1.165) is 70.6 Å². The molecule has 2 aliphatic rings. The van der Waals surface area contributed by atoms with E-state index in [1.165, 1.54) is 12.8 Å². The van der Waals surface area contributed by atoms with Crippen molar-refractivity contribution in [3.05, 3.63) is 12.7 Å². The highest BCUT2D eigenvalue weighted by Gasteiger charge is 2.49. The molecule has 27 heavy (non-hydrogen) atoms. The molecule has 0 unspecified atom stereocenters. The van der Waals surface area contributed by atoms with Crippen LogP contribution in [0.1, 0.15) is 103 Å². The van der Waals surface area contributed by atoms with Crippen molar-refractivity contribution in [2.75, 3.05) is 0 Å². The van der Waals surface area contributed by atoms with Gasteiger partial charge in [-0.2, -0.15) is 0 Å². The Morgan fingerprint density at radius 2 is 1.37 bits per heavy atom. The number of rotatable bonds is 10. The number of hydrogen-bond donors (Lipinski definition) is 0. The third kappa shape index (κ3) is 6.36. The molecule has 2 fully saturated rings. The molecular formula is C23H38O4. The molecule has 4 nitrogen and oxygen atoms in total. The van der Waals surface area contributed by atoms with Crippen molar-refractivity contribution in [3.63, 3.8) is 0 Å². The first-order valence-electron chi connectivity index (χ1n) is 11.2. The van der Waals surface area contributed by atoms with E-state index in [-0.39, 0.29) is 24.1 Å². The number of carbonyl (C=O) groups excluding carboxylic acids is 2. The predicted octanol–water partition coefficient (Wildman–Crippen LogP) is 5.88. The van der Waals surface area contributed by atoms with Gasteiger partial charge in [0.15, 0.2) is 5.41 Å². The van der Waals surface area contributed by atoms with Crippen LogP contribution in [0.3, 0.4) is 0 Å².